The highest BCUT2D eigenvalue weighted by molar-refractivity contribution is 5.90. The Balaban J connectivity index is 0.796. The van der Waals surface area contributed by atoms with E-state index in [0.29, 0.717) is 23.1 Å². The molecule has 1 spiro atoms. The lowest BCUT2D eigenvalue weighted by Crippen LogP contribution is -2.46. The number of carbonyl (C=O) groups is 2. The van der Waals surface area contributed by atoms with Crippen molar-refractivity contribution in [1.82, 2.24) is 25.2 Å². The Morgan fingerprint density at radius 1 is 0.946 bits per heavy atom. The van der Waals surface area contributed by atoms with Crippen LogP contribution in [0.2, 0.25) is 0 Å². The first kappa shape index (κ1) is 34.4. The van der Waals surface area contributed by atoms with Crippen molar-refractivity contribution in [3.05, 3.63) is 144 Å². The molecule has 0 bridgehead atoms. The van der Waals surface area contributed by atoms with E-state index in [2.05, 4.69) is 77.6 Å². The van der Waals surface area contributed by atoms with Gasteiger partial charge in [-0.3, -0.25) is 4.90 Å². The molecule has 3 aliphatic carbocycles. The van der Waals surface area contributed by atoms with Crippen molar-refractivity contribution in [3.8, 4) is 22.4 Å². The number of carbonyl (C=O) groups excluding carboxylic acids is 2. The zero-order valence-corrected chi connectivity index (χ0v) is 31.7. The van der Waals surface area contributed by atoms with Gasteiger partial charge in [0.2, 0.25) is 0 Å². The largest absolute Gasteiger partial charge is 0.444 e. The number of benzene rings is 4. The summed E-state index contributed by atoms with van der Waals surface area (Å²) in [6, 6.07) is 30.3. The van der Waals surface area contributed by atoms with Gasteiger partial charge in [0.05, 0.1) is 29.2 Å². The third kappa shape index (κ3) is 5.96. The molecular formula is C46H44N6O4. The molecule has 10 heteroatoms. The molecule has 282 valence electrons. The number of imidazole rings is 1. The predicted molar refractivity (Wildman–Crippen MR) is 215 cm³/mol. The average molecular weight is 745 g/mol. The Morgan fingerprint density at radius 2 is 1.68 bits per heavy atom. The summed E-state index contributed by atoms with van der Waals surface area (Å²) in [6.07, 6.45) is 8.35. The van der Waals surface area contributed by atoms with E-state index >= 15 is 0 Å². The van der Waals surface area contributed by atoms with Gasteiger partial charge in [-0.05, 0) is 109 Å². The molecule has 10 rings (SSSR count). The third-order valence-electron chi connectivity index (χ3n) is 12.0. The number of hydrogen-bond acceptors (Lipinski definition) is 8. The fourth-order valence-corrected chi connectivity index (χ4v) is 8.84. The van der Waals surface area contributed by atoms with Crippen LogP contribution < -0.4 is 11.1 Å². The third-order valence-corrected chi connectivity index (χ3v) is 12.0. The van der Waals surface area contributed by atoms with Gasteiger partial charge >= 0.3 is 12.1 Å². The lowest BCUT2D eigenvalue weighted by atomic mass is 9.98. The van der Waals surface area contributed by atoms with Crippen molar-refractivity contribution >= 4 is 28.5 Å². The Morgan fingerprint density at radius 3 is 2.46 bits per heavy atom. The molecular weight excluding hydrogens is 701 g/mol. The second-order valence-electron chi connectivity index (χ2n) is 16.9. The molecule has 5 aromatic rings. The fraction of sp³-hybridized carbons (Fsp3) is 0.283. The van der Waals surface area contributed by atoms with Crippen LogP contribution in [0.25, 0.3) is 38.9 Å². The summed E-state index contributed by atoms with van der Waals surface area (Å²) < 4.78 is 5.75. The van der Waals surface area contributed by atoms with E-state index in [1.54, 1.807) is 17.2 Å². The highest BCUT2D eigenvalue weighted by Gasteiger charge is 2.68. The van der Waals surface area contributed by atoms with E-state index < -0.39 is 5.60 Å². The van der Waals surface area contributed by atoms with Gasteiger partial charge in [-0.2, -0.15) is 0 Å². The van der Waals surface area contributed by atoms with Crippen molar-refractivity contribution < 1.29 is 19.2 Å². The molecule has 4 fully saturated rings. The molecule has 4 N–H and O–H groups in total. The molecule has 56 heavy (non-hydrogen) atoms. The van der Waals surface area contributed by atoms with Crippen LogP contribution in [0.15, 0.2) is 127 Å². The number of nitrogens with zero attached hydrogens (tertiary/aromatic N) is 3. The molecule has 1 unspecified atom stereocenters. The van der Waals surface area contributed by atoms with E-state index in [1.165, 1.54) is 0 Å². The molecule has 5 aliphatic rings. The first-order chi connectivity index (χ1) is 27.0. The normalized spacial score (nSPS) is 26.2. The Bertz CT molecular complexity index is 2500. The molecule has 10 nitrogen and oxygen atoms in total. The number of H-pyrrole nitrogens is 1. The summed E-state index contributed by atoms with van der Waals surface area (Å²) in [6.45, 7) is 9.89. The van der Waals surface area contributed by atoms with Gasteiger partial charge in [-0.25, -0.2) is 14.6 Å². The van der Waals surface area contributed by atoms with E-state index in [1.807, 2.05) is 62.3 Å². The van der Waals surface area contributed by atoms with Crippen LogP contribution in [-0.2, 0) is 9.57 Å². The lowest BCUT2D eigenvalue weighted by Gasteiger charge is -2.32. The number of nitrogens with two attached hydrogens (primary N) is 1. The van der Waals surface area contributed by atoms with Crippen LogP contribution in [0.3, 0.4) is 0 Å². The van der Waals surface area contributed by atoms with Crippen molar-refractivity contribution in [1.29, 1.82) is 0 Å². The molecule has 0 radical (unpaired) electrons. The number of amides is 1. The first-order valence-electron chi connectivity index (χ1n) is 19.4. The smallest absolute Gasteiger partial charge is 0.411 e. The van der Waals surface area contributed by atoms with Gasteiger partial charge < -0.3 is 25.6 Å². The summed E-state index contributed by atoms with van der Waals surface area (Å²) in [4.78, 5) is 42.1. The molecule has 3 heterocycles. The van der Waals surface area contributed by atoms with Crippen LogP contribution >= 0.6 is 0 Å². The quantitative estimate of drug-likeness (QED) is 0.135. The molecule has 2 aliphatic heterocycles. The zero-order valence-electron chi connectivity index (χ0n) is 31.7. The summed E-state index contributed by atoms with van der Waals surface area (Å²) in [7, 11) is 0. The van der Waals surface area contributed by atoms with Crippen LogP contribution in [0, 0.1) is 11.8 Å². The highest BCUT2D eigenvalue weighted by Crippen LogP contribution is 2.61. The number of piperidine rings is 2. The minimum absolute atomic E-state index is 0.0279. The Kier molecular flexibility index (Phi) is 7.64. The average Bonchev–Trinajstić information content (AvgIpc) is 4.06. The number of aromatic nitrogens is 2. The van der Waals surface area contributed by atoms with Gasteiger partial charge in [0.1, 0.15) is 23.0 Å². The van der Waals surface area contributed by atoms with Gasteiger partial charge in [0.15, 0.2) is 0 Å². The summed E-state index contributed by atoms with van der Waals surface area (Å²) in [5.74, 6) is 1.23. The highest BCUT2D eigenvalue weighted by atomic mass is 16.7. The van der Waals surface area contributed by atoms with E-state index in [4.69, 9.17) is 20.3 Å². The van der Waals surface area contributed by atoms with E-state index in [-0.39, 0.29) is 35.7 Å². The number of hydroxylamine groups is 2. The van der Waals surface area contributed by atoms with E-state index in [9.17, 15) is 9.59 Å². The second-order valence-corrected chi connectivity index (χ2v) is 16.9. The minimum Gasteiger partial charge on any atom is -0.444 e. The van der Waals surface area contributed by atoms with Crippen LogP contribution in [0.1, 0.15) is 67.8 Å². The van der Waals surface area contributed by atoms with Crippen molar-refractivity contribution in [2.24, 2.45) is 17.6 Å². The van der Waals surface area contributed by atoms with Gasteiger partial charge in [0.25, 0.3) is 0 Å². The van der Waals surface area contributed by atoms with Gasteiger partial charge in [-0.1, -0.05) is 78.9 Å². The van der Waals surface area contributed by atoms with Crippen molar-refractivity contribution in [3.63, 3.8) is 0 Å². The fourth-order valence-electron chi connectivity index (χ4n) is 8.84. The van der Waals surface area contributed by atoms with Crippen molar-refractivity contribution in [2.75, 3.05) is 0 Å². The van der Waals surface area contributed by atoms with Crippen LogP contribution in [0.5, 0.6) is 0 Å². The van der Waals surface area contributed by atoms with Crippen LogP contribution in [0.4, 0.5) is 4.79 Å². The molecule has 2 saturated heterocycles. The number of fused-ring (bicyclic) bond motifs is 3. The van der Waals surface area contributed by atoms with Gasteiger partial charge in [0, 0.05) is 23.9 Å². The molecule has 4 aromatic carbocycles. The zero-order chi connectivity index (χ0) is 38.5. The second kappa shape index (κ2) is 12.4. The number of aromatic amines is 1. The maximum absolute atomic E-state index is 13.1. The maximum Gasteiger partial charge on any atom is 0.411 e. The first-order valence-corrected chi connectivity index (χ1v) is 19.4. The summed E-state index contributed by atoms with van der Waals surface area (Å²) >= 11 is 0. The van der Waals surface area contributed by atoms with Crippen molar-refractivity contribution in [2.45, 2.75) is 69.3 Å². The summed E-state index contributed by atoms with van der Waals surface area (Å²) in [5, 5.41) is 7.39. The number of ether oxygens (including phenoxy) is 1. The van der Waals surface area contributed by atoms with Gasteiger partial charge in [-0.15, -0.1) is 5.06 Å². The minimum atomic E-state index is -0.535. The maximum atomic E-state index is 13.1. The number of likely N-dealkylation sites (tertiary alicyclic amines) is 1. The lowest BCUT2D eigenvalue weighted by molar-refractivity contribution is -0.132. The standard InChI is InChI=1S/C46H44N6O4/c1-26-35-21-39(52(41(26)35)56-43(53)29-8-6-5-7-9-29)42-49-25-37(50-42)28-12-10-27(11-13-28)30-14-15-32-19-33(17-16-31(32)18-30)36(47)24-48-40-23-46(40)22-34-20-38(34)51(46)44(54)55-45(2,3)4/h5-19,23-25,34-35,38-39,41,48H,1,20-22,47H2,2-4H3,(H,49,50)/b36-24-/t34-,35+,38-,39+,41-,46?/m1/s1. The number of hydrogen-bond donors (Lipinski definition) is 3. The Hall–Kier alpha value is -6.13. The Labute approximate surface area is 325 Å². The molecule has 6 atom stereocenters. The molecule has 2 saturated carbocycles. The predicted octanol–water partition coefficient (Wildman–Crippen LogP) is 8.48. The SMILES string of the molecule is C=C1[C@@H]2[C@H]1C[C@@H](c1ncc(-c3ccc(-c4ccc5cc(/C(N)=C/NC6=CC67C[C@H]6C[C@H]6N7C(=O)OC(C)(C)C)ccc5c4)cc3)[nH]1)N2OC(=O)c1ccccc1. The topological polar surface area (TPSA) is 126 Å². The van der Waals surface area contributed by atoms with E-state index in [0.717, 1.165) is 75.1 Å². The monoisotopic (exact) mass is 744 g/mol. The number of rotatable bonds is 8. The number of nitrogens with one attached hydrogen (secondary N) is 2. The molecule has 1 amide bonds. The summed E-state index contributed by atoms with van der Waals surface area (Å²) in [5.41, 5.74) is 14.0. The molecule has 1 aromatic heterocycles. The van der Waals surface area contributed by atoms with Crippen LogP contribution in [-0.4, -0.2) is 55.2 Å².